The maximum atomic E-state index is 5.54. The van der Waals surface area contributed by atoms with Crippen LogP contribution in [0.4, 0.5) is 0 Å². The van der Waals surface area contributed by atoms with E-state index in [1.54, 1.807) is 0 Å². The van der Waals surface area contributed by atoms with Crippen LogP contribution >= 0.6 is 11.9 Å². The van der Waals surface area contributed by atoms with Gasteiger partial charge in [0.1, 0.15) is 0 Å². The molecule has 1 aromatic carbocycles. The molecule has 1 heterocycles. The topological polar surface area (TPSA) is 77.0 Å². The Morgan fingerprint density at radius 2 is 1.86 bits per heavy atom. The standard InChI is InChI=1S/C16H19N4S.Na/c17-16(18)21-20-15(12-4-2-1-3-5-12)14-9-8-13(10-19-14)11-6-7-11;/h1-5,8-11,15,20H,6-7,17-18H2;/q-1;+1. The summed E-state index contributed by atoms with van der Waals surface area (Å²) in [6.45, 7) is 0. The Hall–Kier alpha value is -0.400. The molecule has 2 aromatic rings. The van der Waals surface area contributed by atoms with Crippen molar-refractivity contribution in [3.8, 4) is 0 Å². The molecule has 1 saturated carbocycles. The first-order chi connectivity index (χ1) is 10.2. The van der Waals surface area contributed by atoms with Gasteiger partial charge in [-0.3, -0.25) is 9.71 Å². The molecule has 1 atom stereocenters. The minimum atomic E-state index is -0.0356. The average Bonchev–Trinajstić information content (AvgIpc) is 3.34. The maximum Gasteiger partial charge on any atom is 1.00 e. The van der Waals surface area contributed by atoms with Gasteiger partial charge in [-0.05, 0) is 36.0 Å². The Balaban J connectivity index is 0.00000176. The maximum absolute atomic E-state index is 5.54. The SMILES string of the molecule is N[C-](N)SNC(c1ccccc1)c1ccc(C2CC2)cn1.[Na+]. The van der Waals surface area contributed by atoms with Gasteiger partial charge in [0.2, 0.25) is 0 Å². The van der Waals surface area contributed by atoms with Gasteiger partial charge >= 0.3 is 29.6 Å². The van der Waals surface area contributed by atoms with Crippen LogP contribution in [0.1, 0.15) is 41.6 Å². The number of nitrogens with one attached hydrogen (secondary N) is 1. The van der Waals surface area contributed by atoms with E-state index in [9.17, 15) is 0 Å². The van der Waals surface area contributed by atoms with Crippen molar-refractivity contribution in [1.82, 2.24) is 9.71 Å². The van der Waals surface area contributed by atoms with Crippen molar-refractivity contribution in [1.29, 1.82) is 0 Å². The van der Waals surface area contributed by atoms with Gasteiger partial charge in [0, 0.05) is 6.20 Å². The molecule has 1 aromatic heterocycles. The van der Waals surface area contributed by atoms with Crippen molar-refractivity contribution in [3.05, 3.63) is 71.0 Å². The first-order valence-electron chi connectivity index (χ1n) is 7.05. The van der Waals surface area contributed by atoms with Crippen molar-refractivity contribution in [3.63, 3.8) is 0 Å². The Kier molecular flexibility index (Phi) is 6.89. The van der Waals surface area contributed by atoms with Crippen molar-refractivity contribution in [2.75, 3.05) is 0 Å². The zero-order chi connectivity index (χ0) is 14.7. The number of hydrogen-bond acceptors (Lipinski definition) is 5. The van der Waals surface area contributed by atoms with Crippen LogP contribution in [0.5, 0.6) is 0 Å². The molecule has 4 nitrogen and oxygen atoms in total. The molecule has 3 rings (SSSR count). The second-order valence-corrected chi connectivity index (χ2v) is 6.17. The summed E-state index contributed by atoms with van der Waals surface area (Å²) in [7, 11) is 0. The molecule has 1 aliphatic carbocycles. The van der Waals surface area contributed by atoms with Crippen LogP contribution in [0, 0.1) is 5.50 Å². The van der Waals surface area contributed by atoms with Crippen LogP contribution in [0.3, 0.4) is 0 Å². The van der Waals surface area contributed by atoms with E-state index in [4.69, 9.17) is 11.5 Å². The quantitative estimate of drug-likeness (QED) is 0.385. The number of rotatable bonds is 6. The molecule has 6 heteroatoms. The molecule has 1 unspecified atom stereocenters. The average molecular weight is 322 g/mol. The Morgan fingerprint density at radius 1 is 1.14 bits per heavy atom. The summed E-state index contributed by atoms with van der Waals surface area (Å²) >= 11 is 1.23. The predicted molar refractivity (Wildman–Crippen MR) is 86.8 cm³/mol. The summed E-state index contributed by atoms with van der Waals surface area (Å²) in [6.07, 6.45) is 4.57. The van der Waals surface area contributed by atoms with Crippen LogP contribution in [-0.2, 0) is 0 Å². The third-order valence-electron chi connectivity index (χ3n) is 3.58. The molecule has 1 aliphatic rings. The smallest absolute Gasteiger partial charge is 0.456 e. The van der Waals surface area contributed by atoms with E-state index in [1.165, 1.54) is 30.4 Å². The molecule has 0 amide bonds. The van der Waals surface area contributed by atoms with Crippen molar-refractivity contribution >= 4 is 11.9 Å². The van der Waals surface area contributed by atoms with Crippen LogP contribution in [-0.4, -0.2) is 4.98 Å². The molecular weight excluding hydrogens is 303 g/mol. The van der Waals surface area contributed by atoms with E-state index in [0.717, 1.165) is 17.2 Å². The van der Waals surface area contributed by atoms with Crippen molar-refractivity contribution in [2.24, 2.45) is 11.5 Å². The second-order valence-electron chi connectivity index (χ2n) is 5.26. The molecular formula is C16H19N4NaS. The summed E-state index contributed by atoms with van der Waals surface area (Å²) in [5.74, 6) is 0.720. The van der Waals surface area contributed by atoms with E-state index in [-0.39, 0.29) is 35.6 Å². The number of pyridine rings is 1. The van der Waals surface area contributed by atoms with Gasteiger partial charge in [0.05, 0.1) is 11.7 Å². The van der Waals surface area contributed by atoms with Crippen LogP contribution in [0.25, 0.3) is 0 Å². The van der Waals surface area contributed by atoms with Gasteiger partial charge in [-0.2, -0.15) is 0 Å². The van der Waals surface area contributed by atoms with Gasteiger partial charge in [0.15, 0.2) is 0 Å². The van der Waals surface area contributed by atoms with Crippen LogP contribution in [0.2, 0.25) is 0 Å². The Morgan fingerprint density at radius 3 is 2.41 bits per heavy atom. The van der Waals surface area contributed by atoms with Crippen molar-refractivity contribution in [2.45, 2.75) is 24.8 Å². The molecule has 1 fully saturated rings. The molecule has 0 spiro atoms. The van der Waals surface area contributed by atoms with Crippen LogP contribution < -0.4 is 45.7 Å². The van der Waals surface area contributed by atoms with E-state index in [2.05, 4.69) is 34.0 Å². The fraction of sp³-hybridized carbons (Fsp3) is 0.250. The second kappa shape index (κ2) is 8.45. The zero-order valence-electron chi connectivity index (χ0n) is 12.7. The van der Waals surface area contributed by atoms with Gasteiger partial charge in [0.25, 0.3) is 0 Å². The molecule has 0 bridgehead atoms. The Labute approximate surface area is 157 Å². The molecule has 110 valence electrons. The van der Waals surface area contributed by atoms with Gasteiger partial charge in [-0.15, -0.1) is 5.50 Å². The first kappa shape index (κ1) is 17.9. The minimum Gasteiger partial charge on any atom is -0.456 e. The molecule has 0 radical (unpaired) electrons. The number of aromatic nitrogens is 1. The van der Waals surface area contributed by atoms with E-state index in [1.807, 2.05) is 24.4 Å². The van der Waals surface area contributed by atoms with Gasteiger partial charge in [-0.25, -0.2) is 11.9 Å². The van der Waals surface area contributed by atoms with Crippen LogP contribution in [0.15, 0.2) is 48.7 Å². The molecule has 5 N–H and O–H groups in total. The normalized spacial score (nSPS) is 15.4. The fourth-order valence-electron chi connectivity index (χ4n) is 2.32. The van der Waals surface area contributed by atoms with Gasteiger partial charge in [-0.1, -0.05) is 36.4 Å². The number of benzene rings is 1. The molecule has 0 aliphatic heterocycles. The summed E-state index contributed by atoms with van der Waals surface area (Å²) in [5, 5.41) is 0. The summed E-state index contributed by atoms with van der Waals surface area (Å²) < 4.78 is 3.28. The third kappa shape index (κ3) is 4.80. The summed E-state index contributed by atoms with van der Waals surface area (Å²) in [4.78, 5) is 4.63. The number of nitrogens with zero attached hydrogens (tertiary/aromatic N) is 1. The summed E-state index contributed by atoms with van der Waals surface area (Å²) in [5.41, 5.74) is 14.8. The third-order valence-corrected chi connectivity index (χ3v) is 4.17. The first-order valence-corrected chi connectivity index (χ1v) is 7.87. The molecule has 22 heavy (non-hydrogen) atoms. The largest absolute Gasteiger partial charge is 1.00 e. The van der Waals surface area contributed by atoms with E-state index >= 15 is 0 Å². The van der Waals surface area contributed by atoms with E-state index < -0.39 is 0 Å². The fourth-order valence-corrected chi connectivity index (χ4v) is 2.83. The predicted octanol–water partition coefficient (Wildman–Crippen LogP) is -0.345. The van der Waals surface area contributed by atoms with Gasteiger partial charge < -0.3 is 11.5 Å². The van der Waals surface area contributed by atoms with E-state index in [0.29, 0.717) is 5.50 Å². The molecule has 0 saturated heterocycles. The monoisotopic (exact) mass is 322 g/mol. The van der Waals surface area contributed by atoms with Crippen molar-refractivity contribution < 1.29 is 29.6 Å². The zero-order valence-corrected chi connectivity index (χ0v) is 15.5. The minimum absolute atomic E-state index is 0. The summed E-state index contributed by atoms with van der Waals surface area (Å²) in [6, 6.07) is 14.4. The number of nitrogens with two attached hydrogens (primary N) is 2. The Bertz CT molecular complexity index is 572. The number of hydrogen-bond donors (Lipinski definition) is 3.